The van der Waals surface area contributed by atoms with Gasteiger partial charge in [-0.2, -0.15) is 13.2 Å². The zero-order chi connectivity index (χ0) is 17.9. The van der Waals surface area contributed by atoms with Crippen LogP contribution in [0.3, 0.4) is 0 Å². The molecule has 1 aliphatic carbocycles. The number of carbonyl (C=O) groups is 1. The Kier molecular flexibility index (Phi) is 5.91. The molecule has 6 heteroatoms. The highest BCUT2D eigenvalue weighted by atomic mass is 19.4. The van der Waals surface area contributed by atoms with Crippen molar-refractivity contribution < 1.29 is 23.1 Å². The van der Waals surface area contributed by atoms with Gasteiger partial charge in [-0.15, -0.1) is 0 Å². The molecule has 0 bridgehead atoms. The van der Waals surface area contributed by atoms with E-state index < -0.39 is 17.7 Å². The zero-order valence-corrected chi connectivity index (χ0v) is 13.9. The van der Waals surface area contributed by atoms with E-state index in [4.69, 9.17) is 5.11 Å². The number of hydrogen-bond donors (Lipinski definition) is 2. The largest absolute Gasteiger partial charge is 0.481 e. The maximum Gasteiger partial charge on any atom is 0.416 e. The van der Waals surface area contributed by atoms with Crippen LogP contribution in [0.1, 0.15) is 56.7 Å². The average Bonchev–Trinajstić information content (AvgIpc) is 2.52. The van der Waals surface area contributed by atoms with Crippen molar-refractivity contribution in [3.8, 4) is 0 Å². The second kappa shape index (κ2) is 7.55. The number of carboxylic acid groups (broad SMARTS) is 1. The molecule has 1 unspecified atom stereocenters. The number of halogens is 3. The number of rotatable bonds is 5. The number of benzene rings is 1. The molecule has 2 rings (SSSR count). The summed E-state index contributed by atoms with van der Waals surface area (Å²) in [5, 5.41) is 12.5. The molecule has 1 aliphatic rings. The van der Waals surface area contributed by atoms with E-state index in [2.05, 4.69) is 5.32 Å². The minimum atomic E-state index is -4.35. The summed E-state index contributed by atoms with van der Waals surface area (Å²) < 4.78 is 38.8. The van der Waals surface area contributed by atoms with Gasteiger partial charge >= 0.3 is 12.1 Å². The van der Waals surface area contributed by atoms with Crippen LogP contribution in [0.5, 0.6) is 0 Å². The highest BCUT2D eigenvalue weighted by Gasteiger charge is 2.32. The van der Waals surface area contributed by atoms with Crippen molar-refractivity contribution in [2.45, 2.75) is 57.8 Å². The highest BCUT2D eigenvalue weighted by Crippen LogP contribution is 2.33. The van der Waals surface area contributed by atoms with Crippen LogP contribution in [0.25, 0.3) is 0 Å². The summed E-state index contributed by atoms with van der Waals surface area (Å²) in [5.41, 5.74) is -0.0118. The van der Waals surface area contributed by atoms with Gasteiger partial charge in [-0.25, -0.2) is 0 Å². The van der Waals surface area contributed by atoms with Crippen molar-refractivity contribution in [2.75, 3.05) is 0 Å². The van der Waals surface area contributed by atoms with Gasteiger partial charge in [0, 0.05) is 12.1 Å². The lowest BCUT2D eigenvalue weighted by atomic mass is 9.84. The topological polar surface area (TPSA) is 49.3 Å². The van der Waals surface area contributed by atoms with Crippen LogP contribution in [0, 0.1) is 11.8 Å². The molecule has 0 radical (unpaired) electrons. The van der Waals surface area contributed by atoms with Crippen molar-refractivity contribution in [1.29, 1.82) is 0 Å². The molecule has 0 amide bonds. The minimum Gasteiger partial charge on any atom is -0.481 e. The predicted octanol–water partition coefficient (Wildman–Crippen LogP) is 4.64. The first-order valence-corrected chi connectivity index (χ1v) is 8.34. The molecule has 0 saturated heterocycles. The number of aliphatic carboxylic acids is 1. The normalized spacial score (nSPS) is 23.2. The van der Waals surface area contributed by atoms with Gasteiger partial charge in [0.15, 0.2) is 0 Å². The van der Waals surface area contributed by atoms with E-state index in [1.165, 1.54) is 12.1 Å². The van der Waals surface area contributed by atoms with Gasteiger partial charge in [-0.1, -0.05) is 26.0 Å². The standard InChI is InChI=1S/C18H24F3NO2/c1-11(2)16(13-4-3-5-14(10-13)18(19,20)21)22-15-8-6-12(7-9-15)17(23)24/h3-5,10-12,15-16,22H,6-9H2,1-2H3,(H,23,24). The summed E-state index contributed by atoms with van der Waals surface area (Å²) in [5.74, 6) is -0.925. The van der Waals surface area contributed by atoms with Gasteiger partial charge in [-0.05, 0) is 49.3 Å². The second-order valence-electron chi connectivity index (χ2n) is 6.90. The Balaban J connectivity index is 2.09. The first-order chi connectivity index (χ1) is 11.2. The molecule has 24 heavy (non-hydrogen) atoms. The number of carboxylic acids is 1. The number of hydrogen-bond acceptors (Lipinski definition) is 2. The molecule has 1 atom stereocenters. The molecule has 0 aromatic heterocycles. The lowest BCUT2D eigenvalue weighted by molar-refractivity contribution is -0.143. The van der Waals surface area contributed by atoms with Gasteiger partial charge in [0.25, 0.3) is 0 Å². The lowest BCUT2D eigenvalue weighted by Gasteiger charge is -2.33. The smallest absolute Gasteiger partial charge is 0.416 e. The van der Waals surface area contributed by atoms with Crippen LogP contribution in [0.2, 0.25) is 0 Å². The lowest BCUT2D eigenvalue weighted by Crippen LogP contribution is -2.39. The molecule has 0 aliphatic heterocycles. The molecule has 2 N–H and O–H groups in total. The molecular weight excluding hydrogens is 319 g/mol. The van der Waals surface area contributed by atoms with Crippen LogP contribution < -0.4 is 5.32 Å². The Hall–Kier alpha value is -1.56. The van der Waals surface area contributed by atoms with E-state index >= 15 is 0 Å². The summed E-state index contributed by atoms with van der Waals surface area (Å²) in [6, 6.07) is 5.41. The summed E-state index contributed by atoms with van der Waals surface area (Å²) in [6.07, 6.45) is -1.66. The Bertz CT molecular complexity index is 564. The van der Waals surface area contributed by atoms with E-state index in [0.717, 1.165) is 18.9 Å². The van der Waals surface area contributed by atoms with Crippen molar-refractivity contribution in [1.82, 2.24) is 5.32 Å². The Morgan fingerprint density at radius 2 is 1.83 bits per heavy atom. The number of nitrogens with one attached hydrogen (secondary N) is 1. The maximum absolute atomic E-state index is 12.9. The van der Waals surface area contributed by atoms with E-state index in [9.17, 15) is 18.0 Å². The zero-order valence-electron chi connectivity index (χ0n) is 13.9. The Labute approximate surface area is 140 Å². The molecule has 1 aromatic rings. The summed E-state index contributed by atoms with van der Waals surface area (Å²) in [6.45, 7) is 3.95. The SMILES string of the molecule is CC(C)C(NC1CCC(C(=O)O)CC1)c1cccc(C(F)(F)F)c1. The summed E-state index contributed by atoms with van der Waals surface area (Å²) >= 11 is 0. The molecule has 134 valence electrons. The molecular formula is C18H24F3NO2. The monoisotopic (exact) mass is 343 g/mol. The van der Waals surface area contributed by atoms with Crippen molar-refractivity contribution in [2.24, 2.45) is 11.8 Å². The van der Waals surface area contributed by atoms with E-state index in [1.54, 1.807) is 6.07 Å². The van der Waals surface area contributed by atoms with Crippen LogP contribution in [-0.4, -0.2) is 17.1 Å². The highest BCUT2D eigenvalue weighted by molar-refractivity contribution is 5.70. The second-order valence-corrected chi connectivity index (χ2v) is 6.90. The van der Waals surface area contributed by atoms with Gasteiger partial charge in [-0.3, -0.25) is 4.79 Å². The van der Waals surface area contributed by atoms with E-state index in [0.29, 0.717) is 18.4 Å². The Morgan fingerprint density at radius 3 is 2.33 bits per heavy atom. The molecule has 1 saturated carbocycles. The average molecular weight is 343 g/mol. The Morgan fingerprint density at radius 1 is 1.21 bits per heavy atom. The van der Waals surface area contributed by atoms with Crippen LogP contribution in [-0.2, 0) is 11.0 Å². The van der Waals surface area contributed by atoms with Crippen LogP contribution in [0.4, 0.5) is 13.2 Å². The fraction of sp³-hybridized carbons (Fsp3) is 0.611. The van der Waals surface area contributed by atoms with Gasteiger partial charge in [0.1, 0.15) is 0 Å². The fourth-order valence-corrected chi connectivity index (χ4v) is 3.34. The first-order valence-electron chi connectivity index (χ1n) is 8.34. The predicted molar refractivity (Wildman–Crippen MR) is 85.5 cm³/mol. The summed E-state index contributed by atoms with van der Waals surface area (Å²) in [7, 11) is 0. The maximum atomic E-state index is 12.9. The molecule has 0 heterocycles. The first kappa shape index (κ1) is 18.8. The van der Waals surface area contributed by atoms with Crippen molar-refractivity contribution >= 4 is 5.97 Å². The third-order valence-corrected chi connectivity index (χ3v) is 4.73. The third-order valence-electron chi connectivity index (χ3n) is 4.73. The molecule has 1 aromatic carbocycles. The van der Waals surface area contributed by atoms with Crippen LogP contribution in [0.15, 0.2) is 24.3 Å². The molecule has 0 spiro atoms. The van der Waals surface area contributed by atoms with Gasteiger partial charge < -0.3 is 10.4 Å². The van der Waals surface area contributed by atoms with E-state index in [1.807, 2.05) is 13.8 Å². The van der Waals surface area contributed by atoms with Gasteiger partial charge in [0.2, 0.25) is 0 Å². The summed E-state index contributed by atoms with van der Waals surface area (Å²) in [4.78, 5) is 11.0. The number of alkyl halides is 3. The minimum absolute atomic E-state index is 0.130. The van der Waals surface area contributed by atoms with Crippen molar-refractivity contribution in [3.05, 3.63) is 35.4 Å². The molecule has 1 fully saturated rings. The van der Waals surface area contributed by atoms with Gasteiger partial charge in [0.05, 0.1) is 11.5 Å². The quantitative estimate of drug-likeness (QED) is 0.819. The van der Waals surface area contributed by atoms with Crippen molar-refractivity contribution in [3.63, 3.8) is 0 Å². The van der Waals surface area contributed by atoms with Crippen LogP contribution >= 0.6 is 0 Å². The fourth-order valence-electron chi connectivity index (χ4n) is 3.34. The van der Waals surface area contributed by atoms with E-state index in [-0.39, 0.29) is 23.9 Å². The molecule has 3 nitrogen and oxygen atoms in total. The third kappa shape index (κ3) is 4.72.